The minimum atomic E-state index is -0.661. The summed E-state index contributed by atoms with van der Waals surface area (Å²) in [7, 11) is 0. The molecule has 0 aliphatic rings. The molecule has 0 aliphatic heterocycles. The van der Waals surface area contributed by atoms with E-state index in [9.17, 15) is 19.8 Å². The van der Waals surface area contributed by atoms with Gasteiger partial charge in [-0.25, -0.2) is 0 Å². The number of carbonyl (C=O) groups excluding carboxylic acids is 2. The van der Waals surface area contributed by atoms with Gasteiger partial charge in [0.05, 0.1) is 25.4 Å². The summed E-state index contributed by atoms with van der Waals surface area (Å²) in [5.74, 6) is -0.00738. The largest absolute Gasteiger partial charge is 0.466 e. The van der Waals surface area contributed by atoms with Gasteiger partial charge in [0.25, 0.3) is 0 Å². The van der Waals surface area contributed by atoms with Crippen molar-refractivity contribution in [1.82, 2.24) is 5.32 Å². The number of nitrogens with one attached hydrogen (secondary N) is 1. The van der Waals surface area contributed by atoms with Crippen LogP contribution in [-0.4, -0.2) is 47.4 Å². The van der Waals surface area contributed by atoms with Crippen LogP contribution in [0.1, 0.15) is 495 Å². The van der Waals surface area contributed by atoms with Gasteiger partial charge in [-0.1, -0.05) is 443 Å². The number of ether oxygens (including phenoxy) is 1. The number of allylic oxidation sites excluding steroid dienone is 2. The van der Waals surface area contributed by atoms with E-state index in [1.807, 2.05) is 0 Å². The van der Waals surface area contributed by atoms with E-state index in [1.165, 1.54) is 417 Å². The number of carbonyl (C=O) groups is 2. The molecule has 0 bridgehead atoms. The normalized spacial score (nSPS) is 12.4. The molecule has 0 rings (SSSR count). The summed E-state index contributed by atoms with van der Waals surface area (Å²) in [5, 5.41) is 23.5. The highest BCUT2D eigenvalue weighted by Crippen LogP contribution is 2.21. The summed E-state index contributed by atoms with van der Waals surface area (Å²) < 4.78 is 5.49. The number of aliphatic hydroxyl groups is 2. The van der Waals surface area contributed by atoms with Gasteiger partial charge in [0.1, 0.15) is 0 Å². The molecule has 2 atom stereocenters. The third-order valence-electron chi connectivity index (χ3n) is 20.3. The molecule has 0 fully saturated rings. The van der Waals surface area contributed by atoms with Gasteiger partial charge in [-0.05, 0) is 51.4 Å². The van der Waals surface area contributed by atoms with Crippen molar-refractivity contribution in [1.29, 1.82) is 0 Å². The molecule has 91 heavy (non-hydrogen) atoms. The second kappa shape index (κ2) is 81.0. The summed E-state index contributed by atoms with van der Waals surface area (Å²) in [5.41, 5.74) is 0. The van der Waals surface area contributed by atoms with Crippen molar-refractivity contribution in [2.45, 2.75) is 508 Å². The Morgan fingerprint density at radius 1 is 0.297 bits per heavy atom. The maximum atomic E-state index is 12.6. The number of rotatable bonds is 81. The van der Waals surface area contributed by atoms with E-state index in [4.69, 9.17) is 4.74 Å². The van der Waals surface area contributed by atoms with E-state index in [-0.39, 0.29) is 18.5 Å². The molecule has 0 spiro atoms. The van der Waals surface area contributed by atoms with E-state index >= 15 is 0 Å². The molecule has 0 aromatic carbocycles. The minimum Gasteiger partial charge on any atom is -0.466 e. The molecule has 2 unspecified atom stereocenters. The fraction of sp³-hybridized carbons (Fsp3) is 0.953. The molecule has 3 N–H and O–H groups in total. The van der Waals surface area contributed by atoms with Gasteiger partial charge in [-0.15, -0.1) is 0 Å². The number of esters is 1. The van der Waals surface area contributed by atoms with Gasteiger partial charge in [0, 0.05) is 12.8 Å². The van der Waals surface area contributed by atoms with Gasteiger partial charge in [-0.2, -0.15) is 0 Å². The van der Waals surface area contributed by atoms with Crippen molar-refractivity contribution in [2.75, 3.05) is 13.2 Å². The van der Waals surface area contributed by atoms with Crippen LogP contribution in [0.2, 0.25) is 0 Å². The lowest BCUT2D eigenvalue weighted by Crippen LogP contribution is -2.45. The average Bonchev–Trinajstić information content (AvgIpc) is 3.69. The predicted octanol–water partition coefficient (Wildman–Crippen LogP) is 28.2. The van der Waals surface area contributed by atoms with Gasteiger partial charge in [-0.3, -0.25) is 9.59 Å². The first-order valence-corrected chi connectivity index (χ1v) is 42.4. The van der Waals surface area contributed by atoms with Crippen molar-refractivity contribution in [3.63, 3.8) is 0 Å². The Balaban J connectivity index is 3.30. The molecule has 542 valence electrons. The standard InChI is InChI=1S/C85H167NO5/c1-3-5-7-9-11-13-15-17-18-19-20-21-39-42-45-48-51-54-57-61-65-69-73-77-83(88)82(81-87)86-84(89)78-74-70-66-62-58-55-52-49-46-43-40-37-35-33-31-29-27-25-23-22-24-26-28-30-32-34-36-38-41-44-47-50-53-56-60-64-68-72-76-80-91-85(90)79-75-71-67-63-59-16-14-12-10-8-6-4-2/h12,14,82-83,87-88H,3-11,13,15-81H2,1-2H3,(H,86,89)/b14-12-. The first-order chi connectivity index (χ1) is 45.0. The Morgan fingerprint density at radius 3 is 0.802 bits per heavy atom. The quantitative estimate of drug-likeness (QED) is 0.0320. The van der Waals surface area contributed by atoms with E-state index in [2.05, 4.69) is 31.3 Å². The fourth-order valence-corrected chi connectivity index (χ4v) is 13.9. The molecule has 0 aliphatic carbocycles. The van der Waals surface area contributed by atoms with Crippen molar-refractivity contribution in [3.05, 3.63) is 12.2 Å². The summed E-state index contributed by atoms with van der Waals surface area (Å²) in [6.45, 7) is 4.99. The maximum Gasteiger partial charge on any atom is 0.305 e. The van der Waals surface area contributed by atoms with Crippen LogP contribution in [0, 0.1) is 0 Å². The van der Waals surface area contributed by atoms with Crippen LogP contribution >= 0.6 is 0 Å². The number of aliphatic hydroxyl groups excluding tert-OH is 2. The highest BCUT2D eigenvalue weighted by atomic mass is 16.5. The van der Waals surface area contributed by atoms with Crippen molar-refractivity contribution >= 4 is 11.9 Å². The third-order valence-corrected chi connectivity index (χ3v) is 20.3. The number of unbranched alkanes of at least 4 members (excludes halogenated alkanes) is 68. The smallest absolute Gasteiger partial charge is 0.305 e. The van der Waals surface area contributed by atoms with Gasteiger partial charge >= 0.3 is 5.97 Å². The average molecular weight is 1280 g/mol. The highest BCUT2D eigenvalue weighted by Gasteiger charge is 2.20. The second-order valence-corrected chi connectivity index (χ2v) is 29.5. The molecular formula is C85H167NO5. The lowest BCUT2D eigenvalue weighted by Gasteiger charge is -2.22. The Bertz CT molecular complexity index is 1380. The van der Waals surface area contributed by atoms with E-state index in [1.54, 1.807) is 0 Å². The monoisotopic (exact) mass is 1280 g/mol. The summed E-state index contributed by atoms with van der Waals surface area (Å²) in [6.07, 6.45) is 103. The Kier molecular flexibility index (Phi) is 79.8. The maximum absolute atomic E-state index is 12.6. The number of amides is 1. The second-order valence-electron chi connectivity index (χ2n) is 29.5. The molecule has 0 saturated heterocycles. The molecule has 6 nitrogen and oxygen atoms in total. The highest BCUT2D eigenvalue weighted by molar-refractivity contribution is 5.76. The van der Waals surface area contributed by atoms with Crippen LogP contribution in [0.5, 0.6) is 0 Å². The number of hydrogen-bond donors (Lipinski definition) is 3. The zero-order valence-electron chi connectivity index (χ0n) is 62.4. The predicted molar refractivity (Wildman–Crippen MR) is 403 cm³/mol. The topological polar surface area (TPSA) is 95.9 Å². The van der Waals surface area contributed by atoms with Gasteiger partial charge in [0.2, 0.25) is 5.91 Å². The van der Waals surface area contributed by atoms with E-state index < -0.39 is 12.1 Å². The lowest BCUT2D eigenvalue weighted by atomic mass is 10.0. The SMILES string of the molecule is CCCCC/C=C\CCCCCCCC(=O)OCCCCCCCCCCCCCCCCCCCCCCCCCCCCCCCCCCCCCCCCCC(=O)NC(CO)C(O)CCCCCCCCCCCCCCCCCCCCCCCCC. The van der Waals surface area contributed by atoms with Crippen LogP contribution < -0.4 is 5.32 Å². The Morgan fingerprint density at radius 2 is 0.516 bits per heavy atom. The molecule has 0 saturated carbocycles. The Labute approximate surface area is 571 Å². The van der Waals surface area contributed by atoms with E-state index in [0.29, 0.717) is 25.9 Å². The minimum absolute atomic E-state index is 0.0150. The summed E-state index contributed by atoms with van der Waals surface area (Å²) in [4.78, 5) is 24.6. The Hall–Kier alpha value is -1.40. The van der Waals surface area contributed by atoms with Crippen LogP contribution in [0.3, 0.4) is 0 Å². The third kappa shape index (κ3) is 77.5. The molecule has 6 heteroatoms. The number of hydrogen-bond acceptors (Lipinski definition) is 5. The van der Waals surface area contributed by atoms with Crippen LogP contribution in [0.4, 0.5) is 0 Å². The zero-order valence-corrected chi connectivity index (χ0v) is 62.4. The van der Waals surface area contributed by atoms with Gasteiger partial charge in [0.15, 0.2) is 0 Å². The van der Waals surface area contributed by atoms with Crippen molar-refractivity contribution in [2.24, 2.45) is 0 Å². The van der Waals surface area contributed by atoms with E-state index in [0.717, 1.165) is 44.9 Å². The van der Waals surface area contributed by atoms with Crippen LogP contribution in [0.25, 0.3) is 0 Å². The summed E-state index contributed by atoms with van der Waals surface area (Å²) >= 11 is 0. The van der Waals surface area contributed by atoms with Crippen molar-refractivity contribution in [3.8, 4) is 0 Å². The van der Waals surface area contributed by atoms with Gasteiger partial charge < -0.3 is 20.3 Å². The summed E-state index contributed by atoms with van der Waals surface area (Å²) in [6, 6.07) is -0.537. The molecule has 1 amide bonds. The molecular weight excluding hydrogens is 1110 g/mol. The fourth-order valence-electron chi connectivity index (χ4n) is 13.9. The molecule has 0 aromatic heterocycles. The van der Waals surface area contributed by atoms with Crippen LogP contribution in [-0.2, 0) is 14.3 Å². The first kappa shape index (κ1) is 89.6. The van der Waals surface area contributed by atoms with Crippen molar-refractivity contribution < 1.29 is 24.5 Å². The molecule has 0 aromatic rings. The van der Waals surface area contributed by atoms with Crippen LogP contribution in [0.15, 0.2) is 12.2 Å². The zero-order chi connectivity index (χ0) is 65.6. The first-order valence-electron chi connectivity index (χ1n) is 42.4. The molecule has 0 heterocycles. The molecule has 0 radical (unpaired) electrons. The lowest BCUT2D eigenvalue weighted by molar-refractivity contribution is -0.143.